The van der Waals surface area contributed by atoms with E-state index in [1.807, 2.05) is 20.8 Å². The number of hydrogen-bond acceptors (Lipinski definition) is 4. The number of nitrogens with one attached hydrogen (secondary N) is 1. The number of carbonyl (C=O) groups is 3. The minimum atomic E-state index is -1.00. The monoisotopic (exact) mass is 362 g/mol. The Kier molecular flexibility index (Phi) is 6.23. The van der Waals surface area contributed by atoms with Gasteiger partial charge in [0, 0.05) is 19.6 Å². The number of hydrogen-bond donors (Lipinski definition) is 2. The number of aromatic carboxylic acids is 1. The van der Waals surface area contributed by atoms with E-state index in [2.05, 4.69) is 5.32 Å². The van der Waals surface area contributed by atoms with Crippen molar-refractivity contribution in [3.05, 3.63) is 35.4 Å². The highest BCUT2D eigenvalue weighted by Crippen LogP contribution is 2.19. The van der Waals surface area contributed by atoms with Crippen molar-refractivity contribution in [2.45, 2.75) is 45.8 Å². The Balaban J connectivity index is 1.90. The molecule has 1 heterocycles. The third kappa shape index (κ3) is 5.75. The number of amides is 2. The third-order valence-electron chi connectivity index (χ3n) is 4.08. The molecule has 0 aromatic heterocycles. The number of rotatable bonds is 4. The Labute approximate surface area is 153 Å². The van der Waals surface area contributed by atoms with Crippen molar-refractivity contribution in [3.8, 4) is 0 Å². The SMILES string of the molecule is CC(C)(C)OC(=O)N1CCCC(C(=O)NCc2cccc(C(=O)O)c2)C1. The summed E-state index contributed by atoms with van der Waals surface area (Å²) in [6.07, 6.45) is 1.05. The zero-order valence-electron chi connectivity index (χ0n) is 15.4. The van der Waals surface area contributed by atoms with Crippen molar-refractivity contribution in [2.24, 2.45) is 5.92 Å². The molecule has 1 saturated heterocycles. The molecule has 1 atom stereocenters. The summed E-state index contributed by atoms with van der Waals surface area (Å²) in [7, 11) is 0. The van der Waals surface area contributed by atoms with Crippen molar-refractivity contribution in [3.63, 3.8) is 0 Å². The molecule has 2 N–H and O–H groups in total. The molecule has 0 bridgehead atoms. The van der Waals surface area contributed by atoms with Crippen LogP contribution in [-0.4, -0.2) is 46.7 Å². The second kappa shape index (κ2) is 8.21. The van der Waals surface area contributed by atoms with E-state index in [9.17, 15) is 14.4 Å². The molecule has 0 saturated carbocycles. The van der Waals surface area contributed by atoms with Gasteiger partial charge in [0.25, 0.3) is 0 Å². The maximum atomic E-state index is 12.4. The Morgan fingerprint density at radius 2 is 2.04 bits per heavy atom. The maximum absolute atomic E-state index is 12.4. The second-order valence-electron chi connectivity index (χ2n) is 7.49. The molecule has 1 fully saturated rings. The van der Waals surface area contributed by atoms with E-state index in [0.29, 0.717) is 19.5 Å². The van der Waals surface area contributed by atoms with Gasteiger partial charge in [-0.1, -0.05) is 12.1 Å². The molecule has 0 spiro atoms. The lowest BCUT2D eigenvalue weighted by Gasteiger charge is -2.33. The summed E-state index contributed by atoms with van der Waals surface area (Å²) in [6.45, 7) is 6.59. The van der Waals surface area contributed by atoms with Gasteiger partial charge in [0.05, 0.1) is 11.5 Å². The van der Waals surface area contributed by atoms with Crippen molar-refractivity contribution >= 4 is 18.0 Å². The van der Waals surface area contributed by atoms with Crippen molar-refractivity contribution in [2.75, 3.05) is 13.1 Å². The van der Waals surface area contributed by atoms with Crippen LogP contribution in [0.15, 0.2) is 24.3 Å². The molecule has 2 rings (SSSR count). The third-order valence-corrected chi connectivity index (χ3v) is 4.08. The van der Waals surface area contributed by atoms with Gasteiger partial charge in [-0.3, -0.25) is 4.79 Å². The summed E-state index contributed by atoms with van der Waals surface area (Å²) in [4.78, 5) is 37.2. The van der Waals surface area contributed by atoms with Gasteiger partial charge in [0.2, 0.25) is 5.91 Å². The Hall–Kier alpha value is -2.57. The summed E-state index contributed by atoms with van der Waals surface area (Å²) in [6, 6.07) is 6.46. The average molecular weight is 362 g/mol. The highest BCUT2D eigenvalue weighted by Gasteiger charge is 2.30. The fourth-order valence-corrected chi connectivity index (χ4v) is 2.83. The molecule has 7 nitrogen and oxygen atoms in total. The number of piperidine rings is 1. The normalized spacial score (nSPS) is 17.5. The quantitative estimate of drug-likeness (QED) is 0.858. The molecular weight excluding hydrogens is 336 g/mol. The summed E-state index contributed by atoms with van der Waals surface area (Å²) >= 11 is 0. The van der Waals surface area contributed by atoms with Crippen LogP contribution in [0.1, 0.15) is 49.5 Å². The second-order valence-corrected chi connectivity index (χ2v) is 7.49. The van der Waals surface area contributed by atoms with Crippen LogP contribution in [0.3, 0.4) is 0 Å². The molecule has 7 heteroatoms. The van der Waals surface area contributed by atoms with Crippen LogP contribution in [0.25, 0.3) is 0 Å². The average Bonchev–Trinajstić information content (AvgIpc) is 2.58. The molecule has 1 aliphatic heterocycles. The zero-order valence-corrected chi connectivity index (χ0v) is 15.4. The lowest BCUT2D eigenvalue weighted by Crippen LogP contribution is -2.46. The first-order valence-electron chi connectivity index (χ1n) is 8.73. The predicted molar refractivity (Wildman–Crippen MR) is 95.8 cm³/mol. The molecule has 1 aliphatic rings. The standard InChI is InChI=1S/C19H26N2O5/c1-19(2,3)26-18(25)21-9-5-8-15(12-21)16(22)20-11-13-6-4-7-14(10-13)17(23)24/h4,6-7,10,15H,5,8-9,11-12H2,1-3H3,(H,20,22)(H,23,24). The van der Waals surface area contributed by atoms with Crippen LogP contribution in [-0.2, 0) is 16.1 Å². The van der Waals surface area contributed by atoms with Gasteiger partial charge >= 0.3 is 12.1 Å². The van der Waals surface area contributed by atoms with E-state index in [1.54, 1.807) is 17.0 Å². The van der Waals surface area contributed by atoms with Crippen LogP contribution in [0.5, 0.6) is 0 Å². The molecule has 1 aromatic rings. The molecule has 26 heavy (non-hydrogen) atoms. The van der Waals surface area contributed by atoms with Gasteiger partial charge in [-0.05, 0) is 51.3 Å². The lowest BCUT2D eigenvalue weighted by atomic mass is 9.97. The number of nitrogens with zero attached hydrogens (tertiary/aromatic N) is 1. The first-order chi connectivity index (χ1) is 12.2. The zero-order chi connectivity index (χ0) is 19.3. The van der Waals surface area contributed by atoms with Crippen molar-refractivity contribution in [1.82, 2.24) is 10.2 Å². The van der Waals surface area contributed by atoms with Gasteiger partial charge in [-0.2, -0.15) is 0 Å². The number of carbonyl (C=O) groups excluding carboxylic acids is 2. The Morgan fingerprint density at radius 3 is 2.69 bits per heavy atom. The molecular formula is C19H26N2O5. The Bertz CT molecular complexity index is 681. The fourth-order valence-electron chi connectivity index (χ4n) is 2.83. The number of benzene rings is 1. The molecule has 2 amide bonds. The van der Waals surface area contributed by atoms with E-state index in [1.165, 1.54) is 12.1 Å². The number of carboxylic acid groups (broad SMARTS) is 1. The summed E-state index contributed by atoms with van der Waals surface area (Å²) in [5.74, 6) is -1.43. The Morgan fingerprint density at radius 1 is 1.31 bits per heavy atom. The summed E-state index contributed by atoms with van der Waals surface area (Å²) < 4.78 is 5.37. The van der Waals surface area contributed by atoms with E-state index in [4.69, 9.17) is 9.84 Å². The minimum absolute atomic E-state index is 0.140. The first-order valence-corrected chi connectivity index (χ1v) is 8.73. The molecule has 1 unspecified atom stereocenters. The van der Waals surface area contributed by atoms with Gasteiger partial charge in [-0.15, -0.1) is 0 Å². The molecule has 1 aromatic carbocycles. The highest BCUT2D eigenvalue weighted by molar-refractivity contribution is 5.87. The largest absolute Gasteiger partial charge is 0.478 e. The topological polar surface area (TPSA) is 95.9 Å². The van der Waals surface area contributed by atoms with Crippen LogP contribution in [0, 0.1) is 5.92 Å². The first kappa shape index (κ1) is 19.8. The van der Waals surface area contributed by atoms with Crippen LogP contribution < -0.4 is 5.32 Å². The summed E-state index contributed by atoms with van der Waals surface area (Å²) in [5, 5.41) is 11.8. The fraction of sp³-hybridized carbons (Fsp3) is 0.526. The highest BCUT2D eigenvalue weighted by atomic mass is 16.6. The van der Waals surface area contributed by atoms with Crippen LogP contribution >= 0.6 is 0 Å². The van der Waals surface area contributed by atoms with E-state index in [-0.39, 0.29) is 23.9 Å². The smallest absolute Gasteiger partial charge is 0.410 e. The summed E-state index contributed by atoms with van der Waals surface area (Å²) in [5.41, 5.74) is 0.338. The van der Waals surface area contributed by atoms with E-state index >= 15 is 0 Å². The van der Waals surface area contributed by atoms with Gasteiger partial charge in [0.1, 0.15) is 5.60 Å². The maximum Gasteiger partial charge on any atom is 0.410 e. The van der Waals surface area contributed by atoms with E-state index < -0.39 is 17.7 Å². The van der Waals surface area contributed by atoms with E-state index in [0.717, 1.165) is 12.0 Å². The van der Waals surface area contributed by atoms with Crippen molar-refractivity contribution in [1.29, 1.82) is 0 Å². The molecule has 142 valence electrons. The van der Waals surface area contributed by atoms with Gasteiger partial charge in [0.15, 0.2) is 0 Å². The van der Waals surface area contributed by atoms with Crippen LogP contribution in [0.4, 0.5) is 4.79 Å². The molecule has 0 radical (unpaired) electrons. The minimum Gasteiger partial charge on any atom is -0.478 e. The van der Waals surface area contributed by atoms with Crippen molar-refractivity contribution < 1.29 is 24.2 Å². The van der Waals surface area contributed by atoms with Gasteiger partial charge in [-0.25, -0.2) is 9.59 Å². The number of ether oxygens (including phenoxy) is 1. The predicted octanol–water partition coefficient (Wildman–Crippen LogP) is 2.65. The lowest BCUT2D eigenvalue weighted by molar-refractivity contribution is -0.126. The number of carboxylic acids is 1. The van der Waals surface area contributed by atoms with Crippen LogP contribution in [0.2, 0.25) is 0 Å². The number of likely N-dealkylation sites (tertiary alicyclic amines) is 1. The molecule has 0 aliphatic carbocycles. The van der Waals surface area contributed by atoms with Gasteiger partial charge < -0.3 is 20.1 Å².